The predicted molar refractivity (Wildman–Crippen MR) is 79.8 cm³/mol. The Hall–Kier alpha value is -0.960. The quantitative estimate of drug-likeness (QED) is 0.800. The van der Waals surface area contributed by atoms with Crippen molar-refractivity contribution >= 4 is 29.6 Å². The van der Waals surface area contributed by atoms with Crippen molar-refractivity contribution in [2.24, 2.45) is 5.50 Å². The van der Waals surface area contributed by atoms with Gasteiger partial charge in [-0.2, -0.15) is 0 Å². The molecule has 0 aromatic carbocycles. The number of aryl methyl sites for hydroxylation is 1. The summed E-state index contributed by atoms with van der Waals surface area (Å²) in [6.07, 6.45) is 4.52. The van der Waals surface area contributed by atoms with E-state index in [-0.39, 0.29) is 18.9 Å². The van der Waals surface area contributed by atoms with Gasteiger partial charge < -0.3 is 14.2 Å². The fraction of sp³-hybridized carbons (Fsp3) is 0.545. The average molecular weight is 329 g/mol. The van der Waals surface area contributed by atoms with Crippen LogP contribution in [0.15, 0.2) is 12.7 Å². The molecule has 1 unspecified atom stereocenters. The van der Waals surface area contributed by atoms with E-state index in [2.05, 4.69) is 26.8 Å². The van der Waals surface area contributed by atoms with Crippen LogP contribution in [0.25, 0.3) is 11.2 Å². The Kier molecular flexibility index (Phi) is 4.04. The summed E-state index contributed by atoms with van der Waals surface area (Å²) in [7, 11) is 0. The van der Waals surface area contributed by atoms with Gasteiger partial charge in [-0.05, 0) is 31.6 Å². The van der Waals surface area contributed by atoms with Crippen LogP contribution >= 0.6 is 6.64 Å². The van der Waals surface area contributed by atoms with Crippen LogP contribution in [-0.4, -0.2) is 37.1 Å². The number of fused-ring (bicyclic) bond motifs is 1. The molecule has 0 aliphatic carbocycles. The number of nitrogens with two attached hydrogens (primary N) is 1. The lowest BCUT2D eigenvalue weighted by atomic mass is 10.2. The van der Waals surface area contributed by atoms with Crippen LogP contribution < -0.4 is 5.50 Å². The van der Waals surface area contributed by atoms with Crippen LogP contribution in [0.3, 0.4) is 0 Å². The van der Waals surface area contributed by atoms with Gasteiger partial charge in [0.1, 0.15) is 18.1 Å². The Balaban J connectivity index is 1.73. The molecule has 1 aliphatic rings. The smallest absolute Gasteiger partial charge is 0.255 e. The van der Waals surface area contributed by atoms with Gasteiger partial charge in [-0.25, -0.2) is 15.0 Å². The summed E-state index contributed by atoms with van der Waals surface area (Å²) in [5.74, 6) is 0. The second kappa shape index (κ2) is 5.68. The van der Waals surface area contributed by atoms with Crippen molar-refractivity contribution in [3.63, 3.8) is 0 Å². The fourth-order valence-electron chi connectivity index (χ4n) is 2.38. The van der Waals surface area contributed by atoms with Gasteiger partial charge in [-0.3, -0.25) is 10.1 Å². The molecule has 1 aliphatic heterocycles. The summed E-state index contributed by atoms with van der Waals surface area (Å²) < 4.78 is 12.9. The molecule has 0 spiro atoms. The van der Waals surface area contributed by atoms with Crippen molar-refractivity contribution in [3.8, 4) is 0 Å². The van der Waals surface area contributed by atoms with Gasteiger partial charge in [0, 0.05) is 0 Å². The molecule has 114 valence electrons. The van der Waals surface area contributed by atoms with E-state index < -0.39 is 6.64 Å². The van der Waals surface area contributed by atoms with Gasteiger partial charge >= 0.3 is 0 Å². The zero-order valence-electron chi connectivity index (χ0n) is 11.4. The van der Waals surface area contributed by atoms with Crippen molar-refractivity contribution < 1.29 is 14.2 Å². The number of hydrogen-bond donors (Lipinski definition) is 2. The summed E-state index contributed by atoms with van der Waals surface area (Å²) in [5.41, 5.74) is 7.66. The summed E-state index contributed by atoms with van der Waals surface area (Å²) in [6, 6.07) is 0. The topological polar surface area (TPSA) is 108 Å². The Morgan fingerprint density at radius 3 is 3.10 bits per heavy atom. The van der Waals surface area contributed by atoms with E-state index in [1.165, 1.54) is 6.33 Å². The van der Waals surface area contributed by atoms with E-state index in [1.807, 2.05) is 11.5 Å². The highest BCUT2D eigenvalue weighted by molar-refractivity contribution is 8.08. The molecule has 0 radical (unpaired) electrons. The number of aromatic nitrogens is 4. The first-order chi connectivity index (χ1) is 9.94. The van der Waals surface area contributed by atoms with Crippen molar-refractivity contribution in [1.82, 2.24) is 19.5 Å². The molecular formula is C11H16N5O3PS. The SMILES string of the molecule is Cc1ncnc2c1ncn2[C@H]1CC[C@@H](COP(N)(O)=S)O1. The molecule has 21 heavy (non-hydrogen) atoms. The van der Waals surface area contributed by atoms with Crippen molar-refractivity contribution in [2.75, 3.05) is 6.61 Å². The minimum atomic E-state index is -3.13. The number of ether oxygens (including phenoxy) is 1. The standard InChI is InChI=1S/C11H16N5O3PS/c1-7-10-11(14-5-13-7)16(6-15-10)9-3-2-8(19-9)4-18-20(12,17)21/h5-6,8-9H,2-4H2,1H3,(H3,12,17,21)/t8-,9+,20?/m0/s1. The first-order valence-corrected chi connectivity index (χ1v) is 9.24. The molecule has 3 rings (SSSR count). The van der Waals surface area contributed by atoms with E-state index in [0.29, 0.717) is 0 Å². The molecule has 0 saturated carbocycles. The van der Waals surface area contributed by atoms with E-state index in [4.69, 9.17) is 14.8 Å². The first-order valence-electron chi connectivity index (χ1n) is 6.49. The number of imidazole rings is 1. The normalized spacial score (nSPS) is 25.3. The van der Waals surface area contributed by atoms with E-state index >= 15 is 0 Å². The lowest BCUT2D eigenvalue weighted by molar-refractivity contribution is -0.0157. The lowest BCUT2D eigenvalue weighted by Gasteiger charge is -2.17. The zero-order valence-corrected chi connectivity index (χ0v) is 13.1. The Morgan fingerprint density at radius 2 is 2.33 bits per heavy atom. The molecular weight excluding hydrogens is 313 g/mol. The van der Waals surface area contributed by atoms with E-state index in [9.17, 15) is 4.89 Å². The maximum absolute atomic E-state index is 9.29. The van der Waals surface area contributed by atoms with Gasteiger partial charge in [0.2, 0.25) is 0 Å². The van der Waals surface area contributed by atoms with Crippen LogP contribution in [0.1, 0.15) is 24.8 Å². The number of nitrogens with zero attached hydrogens (tertiary/aromatic N) is 4. The summed E-state index contributed by atoms with van der Waals surface area (Å²) >= 11 is 4.64. The molecule has 2 aromatic rings. The maximum Gasteiger partial charge on any atom is 0.255 e. The lowest BCUT2D eigenvalue weighted by Crippen LogP contribution is -2.17. The molecule has 2 aromatic heterocycles. The van der Waals surface area contributed by atoms with Gasteiger partial charge in [0.25, 0.3) is 6.64 Å². The monoisotopic (exact) mass is 329 g/mol. The highest BCUT2D eigenvalue weighted by atomic mass is 32.5. The fourth-order valence-corrected chi connectivity index (χ4v) is 2.95. The summed E-state index contributed by atoms with van der Waals surface area (Å²) in [4.78, 5) is 22.0. The Labute approximate surface area is 126 Å². The second-order valence-corrected chi connectivity index (χ2v) is 7.89. The highest BCUT2D eigenvalue weighted by Crippen LogP contribution is 2.36. The van der Waals surface area contributed by atoms with Crippen molar-refractivity contribution in [2.45, 2.75) is 32.1 Å². The molecule has 10 heteroatoms. The Bertz CT molecular complexity index is 702. The molecule has 0 bridgehead atoms. The number of hydrogen-bond acceptors (Lipinski definition) is 6. The van der Waals surface area contributed by atoms with Crippen molar-refractivity contribution in [1.29, 1.82) is 0 Å². The first kappa shape index (κ1) is 15.0. The molecule has 1 saturated heterocycles. The van der Waals surface area contributed by atoms with Crippen molar-refractivity contribution in [3.05, 3.63) is 18.3 Å². The molecule has 3 N–H and O–H groups in total. The van der Waals surface area contributed by atoms with Gasteiger partial charge in [-0.15, -0.1) is 0 Å². The highest BCUT2D eigenvalue weighted by Gasteiger charge is 2.29. The minimum absolute atomic E-state index is 0.145. The third kappa shape index (κ3) is 3.28. The minimum Gasteiger partial charge on any atom is -0.352 e. The van der Waals surface area contributed by atoms with Crippen LogP contribution in [-0.2, 0) is 21.1 Å². The van der Waals surface area contributed by atoms with Crippen LogP contribution in [0.5, 0.6) is 0 Å². The predicted octanol–water partition coefficient (Wildman–Crippen LogP) is 1.00. The third-order valence-electron chi connectivity index (χ3n) is 3.38. The molecule has 3 heterocycles. The molecule has 0 amide bonds. The Morgan fingerprint density at radius 1 is 1.52 bits per heavy atom. The number of rotatable bonds is 4. The van der Waals surface area contributed by atoms with Gasteiger partial charge in [-0.1, -0.05) is 0 Å². The van der Waals surface area contributed by atoms with Crippen LogP contribution in [0, 0.1) is 6.92 Å². The van der Waals surface area contributed by atoms with Gasteiger partial charge in [0.15, 0.2) is 5.65 Å². The zero-order chi connectivity index (χ0) is 15.0. The third-order valence-corrected chi connectivity index (χ3v) is 4.22. The summed E-state index contributed by atoms with van der Waals surface area (Å²) in [5, 5.41) is 0. The summed E-state index contributed by atoms with van der Waals surface area (Å²) in [6.45, 7) is -1.04. The average Bonchev–Trinajstić information content (AvgIpc) is 3.02. The molecule has 1 fully saturated rings. The molecule has 3 atom stereocenters. The van der Waals surface area contributed by atoms with E-state index in [1.54, 1.807) is 6.33 Å². The molecule has 8 nitrogen and oxygen atoms in total. The largest absolute Gasteiger partial charge is 0.352 e. The van der Waals surface area contributed by atoms with Crippen LogP contribution in [0.2, 0.25) is 0 Å². The maximum atomic E-state index is 9.29. The van der Waals surface area contributed by atoms with Crippen LogP contribution in [0.4, 0.5) is 0 Å². The van der Waals surface area contributed by atoms with E-state index in [0.717, 1.165) is 29.7 Å². The van der Waals surface area contributed by atoms with Gasteiger partial charge in [0.05, 0.1) is 24.7 Å². The second-order valence-electron chi connectivity index (χ2n) is 4.93.